The summed E-state index contributed by atoms with van der Waals surface area (Å²) in [5.41, 5.74) is 1.17. The molecule has 18 heavy (non-hydrogen) atoms. The Balaban J connectivity index is 2.25. The van der Waals surface area contributed by atoms with Crippen molar-refractivity contribution in [1.29, 1.82) is 0 Å². The van der Waals surface area contributed by atoms with Crippen LogP contribution in [0.15, 0.2) is 47.9 Å². The highest BCUT2D eigenvalue weighted by atomic mass is 32.2. The summed E-state index contributed by atoms with van der Waals surface area (Å²) < 4.78 is 26.4. The number of anilines is 2. The van der Waals surface area contributed by atoms with Crippen LogP contribution >= 0.6 is 0 Å². The van der Waals surface area contributed by atoms with Crippen LogP contribution in [0.3, 0.4) is 0 Å². The largest absolute Gasteiger partial charge is 0.388 e. The van der Waals surface area contributed by atoms with Gasteiger partial charge in [0.1, 0.15) is 6.33 Å². The molecule has 0 radical (unpaired) electrons. The summed E-state index contributed by atoms with van der Waals surface area (Å²) in [4.78, 5) is 7.67. The van der Waals surface area contributed by atoms with Crippen molar-refractivity contribution in [3.05, 3.63) is 43.0 Å². The van der Waals surface area contributed by atoms with Crippen molar-refractivity contribution in [2.24, 2.45) is 0 Å². The van der Waals surface area contributed by atoms with E-state index in [9.17, 15) is 8.42 Å². The molecule has 0 saturated heterocycles. The van der Waals surface area contributed by atoms with Crippen molar-refractivity contribution < 1.29 is 8.42 Å². The van der Waals surface area contributed by atoms with E-state index >= 15 is 0 Å². The van der Waals surface area contributed by atoms with Gasteiger partial charge in [-0.1, -0.05) is 0 Å². The molecule has 0 aliphatic rings. The minimum absolute atomic E-state index is 0.186. The lowest BCUT2D eigenvalue weighted by Gasteiger charge is -2.07. The van der Waals surface area contributed by atoms with E-state index < -0.39 is 10.0 Å². The van der Waals surface area contributed by atoms with Gasteiger partial charge in [-0.3, -0.25) is 4.72 Å². The Labute approximate surface area is 105 Å². The summed E-state index contributed by atoms with van der Waals surface area (Å²) in [5, 5.41) is 2.92. The van der Waals surface area contributed by atoms with Crippen LogP contribution < -0.4 is 10.0 Å². The number of benzene rings is 1. The second kappa shape index (κ2) is 5.01. The molecule has 0 amide bonds. The van der Waals surface area contributed by atoms with E-state index in [1.165, 1.54) is 30.9 Å². The predicted molar refractivity (Wildman–Crippen MR) is 68.8 cm³/mol. The second-order valence-corrected chi connectivity index (χ2v) is 5.19. The van der Waals surface area contributed by atoms with E-state index in [0.29, 0.717) is 5.69 Å². The van der Waals surface area contributed by atoms with Crippen LogP contribution in [-0.4, -0.2) is 25.4 Å². The highest BCUT2D eigenvalue weighted by molar-refractivity contribution is 7.92. The molecular formula is C11H12N4O2S. The maximum absolute atomic E-state index is 12.0. The molecule has 0 atom stereocenters. The standard InChI is InChI=1S/C11H12N4O2S/c1-12-9-2-4-11(5-3-9)18(16,17)15-10-6-13-8-14-7-10/h2-8,12,15H,1H3. The average Bonchev–Trinajstić information content (AvgIpc) is 2.39. The highest BCUT2D eigenvalue weighted by Gasteiger charge is 2.13. The Morgan fingerprint density at radius 1 is 1.00 bits per heavy atom. The summed E-state index contributed by atoms with van der Waals surface area (Å²) in [5.74, 6) is 0. The monoisotopic (exact) mass is 264 g/mol. The van der Waals surface area contributed by atoms with Crippen molar-refractivity contribution in [2.45, 2.75) is 4.90 Å². The number of nitrogens with one attached hydrogen (secondary N) is 2. The number of rotatable bonds is 4. The molecule has 2 aromatic rings. The van der Waals surface area contributed by atoms with Gasteiger partial charge >= 0.3 is 0 Å². The van der Waals surface area contributed by atoms with Gasteiger partial charge in [0.25, 0.3) is 10.0 Å². The SMILES string of the molecule is CNc1ccc(S(=O)(=O)Nc2cncnc2)cc1. The molecular weight excluding hydrogens is 252 g/mol. The van der Waals surface area contributed by atoms with Crippen molar-refractivity contribution >= 4 is 21.4 Å². The van der Waals surface area contributed by atoms with Crippen molar-refractivity contribution in [2.75, 3.05) is 17.1 Å². The van der Waals surface area contributed by atoms with Gasteiger partial charge in [0.2, 0.25) is 0 Å². The van der Waals surface area contributed by atoms with E-state index in [-0.39, 0.29) is 4.90 Å². The van der Waals surface area contributed by atoms with Crippen LogP contribution in [-0.2, 0) is 10.0 Å². The summed E-state index contributed by atoms with van der Waals surface area (Å²) >= 11 is 0. The Kier molecular flexibility index (Phi) is 3.42. The first-order valence-corrected chi connectivity index (χ1v) is 6.66. The Bertz CT molecular complexity index is 611. The molecule has 1 heterocycles. The number of hydrogen-bond acceptors (Lipinski definition) is 5. The van der Waals surface area contributed by atoms with Gasteiger partial charge in [0.15, 0.2) is 0 Å². The first-order valence-electron chi connectivity index (χ1n) is 5.17. The molecule has 0 saturated carbocycles. The molecule has 0 fully saturated rings. The number of nitrogens with zero attached hydrogens (tertiary/aromatic N) is 2. The first-order chi connectivity index (χ1) is 8.62. The molecule has 0 aliphatic heterocycles. The molecule has 2 rings (SSSR count). The maximum atomic E-state index is 12.0. The molecule has 94 valence electrons. The normalized spacial score (nSPS) is 10.9. The molecule has 1 aromatic heterocycles. The van der Waals surface area contributed by atoms with Crippen LogP contribution in [0.25, 0.3) is 0 Å². The fourth-order valence-corrected chi connectivity index (χ4v) is 2.39. The highest BCUT2D eigenvalue weighted by Crippen LogP contribution is 2.16. The van der Waals surface area contributed by atoms with Gasteiger partial charge < -0.3 is 5.32 Å². The van der Waals surface area contributed by atoms with Gasteiger partial charge in [0, 0.05) is 12.7 Å². The molecule has 0 unspecified atom stereocenters. The first kappa shape index (κ1) is 12.3. The second-order valence-electron chi connectivity index (χ2n) is 3.51. The van der Waals surface area contributed by atoms with Crippen LogP contribution in [0.5, 0.6) is 0 Å². The van der Waals surface area contributed by atoms with Crippen LogP contribution in [0.4, 0.5) is 11.4 Å². The summed E-state index contributed by atoms with van der Waals surface area (Å²) in [6, 6.07) is 6.43. The topological polar surface area (TPSA) is 84.0 Å². The smallest absolute Gasteiger partial charge is 0.261 e. The van der Waals surface area contributed by atoms with Gasteiger partial charge in [-0.25, -0.2) is 18.4 Å². The van der Waals surface area contributed by atoms with Gasteiger partial charge in [0.05, 0.1) is 23.0 Å². The van der Waals surface area contributed by atoms with Crippen molar-refractivity contribution in [1.82, 2.24) is 9.97 Å². The Morgan fingerprint density at radius 2 is 1.61 bits per heavy atom. The molecule has 2 N–H and O–H groups in total. The minimum Gasteiger partial charge on any atom is -0.388 e. The third-order valence-corrected chi connectivity index (χ3v) is 3.66. The Hall–Kier alpha value is -2.15. The number of aromatic nitrogens is 2. The van der Waals surface area contributed by atoms with Crippen molar-refractivity contribution in [3.63, 3.8) is 0 Å². The third-order valence-electron chi connectivity index (χ3n) is 2.27. The number of sulfonamides is 1. The molecule has 0 aliphatic carbocycles. The van der Waals surface area contributed by atoms with E-state index in [1.54, 1.807) is 19.2 Å². The maximum Gasteiger partial charge on any atom is 0.261 e. The molecule has 6 nitrogen and oxygen atoms in total. The molecule has 1 aromatic carbocycles. The van der Waals surface area contributed by atoms with E-state index in [2.05, 4.69) is 20.0 Å². The molecule has 0 spiro atoms. The van der Waals surface area contributed by atoms with Crippen molar-refractivity contribution in [3.8, 4) is 0 Å². The summed E-state index contributed by atoms with van der Waals surface area (Å²) in [6.07, 6.45) is 4.12. The van der Waals surface area contributed by atoms with Gasteiger partial charge in [-0.2, -0.15) is 0 Å². The third kappa shape index (κ3) is 2.75. The van der Waals surface area contributed by atoms with E-state index in [1.807, 2.05) is 0 Å². The predicted octanol–water partition coefficient (Wildman–Crippen LogP) is 1.32. The minimum atomic E-state index is -3.60. The van der Waals surface area contributed by atoms with Crippen LogP contribution in [0.2, 0.25) is 0 Å². The van der Waals surface area contributed by atoms with E-state index in [4.69, 9.17) is 0 Å². The van der Waals surface area contributed by atoms with Gasteiger partial charge in [-0.15, -0.1) is 0 Å². The van der Waals surface area contributed by atoms with Crippen LogP contribution in [0.1, 0.15) is 0 Å². The fourth-order valence-electron chi connectivity index (χ4n) is 1.37. The molecule has 0 bridgehead atoms. The lowest BCUT2D eigenvalue weighted by atomic mass is 10.3. The average molecular weight is 264 g/mol. The lowest BCUT2D eigenvalue weighted by molar-refractivity contribution is 0.601. The number of hydrogen-bond donors (Lipinski definition) is 2. The zero-order chi connectivity index (χ0) is 13.0. The summed E-state index contributed by atoms with van der Waals surface area (Å²) in [7, 11) is -1.83. The van der Waals surface area contributed by atoms with E-state index in [0.717, 1.165) is 5.69 Å². The fraction of sp³-hybridized carbons (Fsp3) is 0.0909. The zero-order valence-electron chi connectivity index (χ0n) is 9.66. The van der Waals surface area contributed by atoms with Crippen LogP contribution in [0, 0.1) is 0 Å². The molecule has 7 heteroatoms. The lowest BCUT2D eigenvalue weighted by Crippen LogP contribution is -2.13. The quantitative estimate of drug-likeness (QED) is 0.870. The Morgan fingerprint density at radius 3 is 2.17 bits per heavy atom. The van der Waals surface area contributed by atoms with Gasteiger partial charge in [-0.05, 0) is 24.3 Å². The summed E-state index contributed by atoms with van der Waals surface area (Å²) in [6.45, 7) is 0. The zero-order valence-corrected chi connectivity index (χ0v) is 10.5.